The van der Waals surface area contributed by atoms with E-state index in [2.05, 4.69) is 10.5 Å². The standard InChI is InChI=1S/C17H16Cl2N2O3/c1-10(20-21-15-5-4-13(18)9-14(15)19)11-3-6-16(24-2)12(7-11)8-17(22)23/h3-7,9,21H,8H2,1-2H3,(H,22,23)/b20-10-. The van der Waals surface area contributed by atoms with Crippen LogP contribution in [0.4, 0.5) is 5.69 Å². The van der Waals surface area contributed by atoms with Crippen molar-refractivity contribution < 1.29 is 14.6 Å². The second-order valence-corrected chi connectivity index (χ2v) is 5.87. The molecule has 0 spiro atoms. The van der Waals surface area contributed by atoms with Gasteiger partial charge in [0.1, 0.15) is 5.75 Å². The number of benzene rings is 2. The van der Waals surface area contributed by atoms with Gasteiger partial charge in [0, 0.05) is 10.6 Å². The van der Waals surface area contributed by atoms with E-state index in [0.29, 0.717) is 32.8 Å². The molecule has 0 aliphatic heterocycles. The van der Waals surface area contributed by atoms with Crippen LogP contribution >= 0.6 is 23.2 Å². The summed E-state index contributed by atoms with van der Waals surface area (Å²) in [4.78, 5) is 11.0. The first-order chi connectivity index (χ1) is 11.4. The number of hydrogen-bond acceptors (Lipinski definition) is 4. The van der Waals surface area contributed by atoms with Gasteiger partial charge in [0.2, 0.25) is 0 Å². The summed E-state index contributed by atoms with van der Waals surface area (Å²) in [7, 11) is 1.51. The van der Waals surface area contributed by atoms with Crippen LogP contribution in [0.15, 0.2) is 41.5 Å². The summed E-state index contributed by atoms with van der Waals surface area (Å²) < 4.78 is 5.19. The van der Waals surface area contributed by atoms with E-state index in [9.17, 15) is 4.79 Å². The molecular weight excluding hydrogens is 351 g/mol. The highest BCUT2D eigenvalue weighted by molar-refractivity contribution is 6.36. The number of carboxylic acids is 1. The first kappa shape index (κ1) is 18.1. The van der Waals surface area contributed by atoms with E-state index in [1.807, 2.05) is 13.0 Å². The van der Waals surface area contributed by atoms with E-state index < -0.39 is 5.97 Å². The van der Waals surface area contributed by atoms with E-state index in [1.165, 1.54) is 7.11 Å². The van der Waals surface area contributed by atoms with Crippen molar-refractivity contribution in [1.82, 2.24) is 0 Å². The van der Waals surface area contributed by atoms with Crippen molar-refractivity contribution in [2.75, 3.05) is 12.5 Å². The highest BCUT2D eigenvalue weighted by atomic mass is 35.5. The Balaban J connectivity index is 2.24. The van der Waals surface area contributed by atoms with Crippen LogP contribution in [-0.2, 0) is 11.2 Å². The van der Waals surface area contributed by atoms with E-state index in [4.69, 9.17) is 33.0 Å². The number of ether oxygens (including phenoxy) is 1. The third kappa shape index (κ3) is 4.63. The molecule has 24 heavy (non-hydrogen) atoms. The van der Waals surface area contributed by atoms with Crippen LogP contribution in [0.25, 0.3) is 0 Å². The van der Waals surface area contributed by atoms with Gasteiger partial charge >= 0.3 is 5.97 Å². The SMILES string of the molecule is COc1ccc(/C(C)=N\Nc2ccc(Cl)cc2Cl)cc1CC(=O)O. The van der Waals surface area contributed by atoms with Crippen LogP contribution in [0, 0.1) is 0 Å². The van der Waals surface area contributed by atoms with Gasteiger partial charge in [-0.05, 0) is 48.9 Å². The molecule has 2 aromatic carbocycles. The van der Waals surface area contributed by atoms with Crippen molar-refractivity contribution in [3.05, 3.63) is 57.6 Å². The fourth-order valence-corrected chi connectivity index (χ4v) is 2.54. The zero-order chi connectivity index (χ0) is 17.7. The summed E-state index contributed by atoms with van der Waals surface area (Å²) >= 11 is 11.9. The number of aliphatic carboxylic acids is 1. The molecule has 0 saturated heterocycles. The largest absolute Gasteiger partial charge is 0.496 e. The molecule has 0 heterocycles. The molecule has 0 unspecified atom stereocenters. The third-order valence-corrected chi connectivity index (χ3v) is 3.86. The number of nitrogens with zero attached hydrogens (tertiary/aromatic N) is 1. The lowest BCUT2D eigenvalue weighted by molar-refractivity contribution is -0.136. The number of hydrogen-bond donors (Lipinski definition) is 2. The maximum atomic E-state index is 11.0. The van der Waals surface area contributed by atoms with E-state index in [-0.39, 0.29) is 6.42 Å². The average Bonchev–Trinajstić information content (AvgIpc) is 2.53. The second-order valence-electron chi connectivity index (χ2n) is 5.03. The smallest absolute Gasteiger partial charge is 0.307 e. The summed E-state index contributed by atoms with van der Waals surface area (Å²) in [6, 6.07) is 10.3. The Morgan fingerprint density at radius 2 is 2.00 bits per heavy atom. The molecule has 5 nitrogen and oxygen atoms in total. The molecule has 0 bridgehead atoms. The second kappa shape index (κ2) is 8.04. The molecule has 0 amide bonds. The van der Waals surface area contributed by atoms with Gasteiger partial charge in [-0.3, -0.25) is 10.2 Å². The molecule has 2 aromatic rings. The number of rotatable bonds is 6. The minimum atomic E-state index is -0.925. The summed E-state index contributed by atoms with van der Waals surface area (Å²) in [5.41, 5.74) is 5.54. The number of carboxylic acid groups (broad SMARTS) is 1. The zero-order valence-electron chi connectivity index (χ0n) is 13.1. The summed E-state index contributed by atoms with van der Waals surface area (Å²) in [5, 5.41) is 14.3. The van der Waals surface area contributed by atoms with Crippen LogP contribution in [0.2, 0.25) is 10.0 Å². The lowest BCUT2D eigenvalue weighted by atomic mass is 10.0. The van der Waals surface area contributed by atoms with Crippen molar-refractivity contribution >= 4 is 40.6 Å². The van der Waals surface area contributed by atoms with Crippen LogP contribution < -0.4 is 10.2 Å². The Hall–Kier alpha value is -2.24. The Morgan fingerprint density at radius 3 is 2.62 bits per heavy atom. The van der Waals surface area contributed by atoms with E-state index in [0.717, 1.165) is 5.56 Å². The van der Waals surface area contributed by atoms with Crippen LogP contribution in [0.1, 0.15) is 18.1 Å². The molecule has 0 atom stereocenters. The first-order valence-corrected chi connectivity index (χ1v) is 7.80. The minimum absolute atomic E-state index is 0.124. The number of nitrogens with one attached hydrogen (secondary N) is 1. The lowest BCUT2D eigenvalue weighted by Gasteiger charge is -2.10. The van der Waals surface area contributed by atoms with E-state index >= 15 is 0 Å². The normalized spacial score (nSPS) is 11.2. The fourth-order valence-electron chi connectivity index (χ4n) is 2.09. The van der Waals surface area contributed by atoms with Crippen LogP contribution in [0.3, 0.4) is 0 Å². The third-order valence-electron chi connectivity index (χ3n) is 3.32. The Morgan fingerprint density at radius 1 is 1.25 bits per heavy atom. The number of carbonyl (C=O) groups is 1. The molecule has 2 N–H and O–H groups in total. The molecule has 0 fully saturated rings. The van der Waals surface area contributed by atoms with Crippen molar-refractivity contribution in [3.63, 3.8) is 0 Å². The summed E-state index contributed by atoms with van der Waals surface area (Å²) in [6.45, 7) is 1.81. The number of anilines is 1. The Kier molecular flexibility index (Phi) is 6.06. The van der Waals surface area contributed by atoms with Gasteiger partial charge in [0.05, 0.1) is 30.0 Å². The topological polar surface area (TPSA) is 70.9 Å². The highest BCUT2D eigenvalue weighted by Gasteiger charge is 2.10. The van der Waals surface area contributed by atoms with Gasteiger partial charge in [-0.1, -0.05) is 23.2 Å². The maximum Gasteiger partial charge on any atom is 0.307 e. The first-order valence-electron chi connectivity index (χ1n) is 7.05. The molecule has 0 saturated carbocycles. The van der Waals surface area contributed by atoms with Crippen molar-refractivity contribution in [2.45, 2.75) is 13.3 Å². The highest BCUT2D eigenvalue weighted by Crippen LogP contribution is 2.26. The predicted molar refractivity (Wildman–Crippen MR) is 96.6 cm³/mol. The molecule has 126 valence electrons. The molecular formula is C17H16Cl2N2O3. The van der Waals surface area contributed by atoms with Crippen LogP contribution in [-0.4, -0.2) is 23.9 Å². The average molecular weight is 367 g/mol. The molecule has 0 aliphatic carbocycles. The maximum absolute atomic E-state index is 11.0. The molecule has 0 aliphatic rings. The summed E-state index contributed by atoms with van der Waals surface area (Å²) in [5.74, 6) is -0.395. The molecule has 2 rings (SSSR count). The number of methoxy groups -OCH3 is 1. The van der Waals surface area contributed by atoms with E-state index in [1.54, 1.807) is 30.3 Å². The molecule has 0 aromatic heterocycles. The molecule has 0 radical (unpaired) electrons. The zero-order valence-corrected chi connectivity index (χ0v) is 14.6. The van der Waals surface area contributed by atoms with Gasteiger partial charge in [-0.15, -0.1) is 0 Å². The lowest BCUT2D eigenvalue weighted by Crippen LogP contribution is -2.05. The van der Waals surface area contributed by atoms with Gasteiger partial charge in [-0.2, -0.15) is 5.10 Å². The summed E-state index contributed by atoms with van der Waals surface area (Å²) in [6.07, 6.45) is -0.124. The van der Waals surface area contributed by atoms with Gasteiger partial charge < -0.3 is 9.84 Å². The van der Waals surface area contributed by atoms with Crippen molar-refractivity contribution in [1.29, 1.82) is 0 Å². The number of hydrazone groups is 1. The van der Waals surface area contributed by atoms with Gasteiger partial charge in [0.25, 0.3) is 0 Å². The number of halogens is 2. The fraction of sp³-hybridized carbons (Fsp3) is 0.176. The minimum Gasteiger partial charge on any atom is -0.496 e. The van der Waals surface area contributed by atoms with Crippen molar-refractivity contribution in [3.8, 4) is 5.75 Å². The predicted octanol–water partition coefficient (Wildman–Crippen LogP) is 4.47. The monoisotopic (exact) mass is 366 g/mol. The van der Waals surface area contributed by atoms with Gasteiger partial charge in [-0.25, -0.2) is 0 Å². The van der Waals surface area contributed by atoms with Crippen molar-refractivity contribution in [2.24, 2.45) is 5.10 Å². The quantitative estimate of drug-likeness (QED) is 0.584. The molecule has 7 heteroatoms. The van der Waals surface area contributed by atoms with Gasteiger partial charge in [0.15, 0.2) is 0 Å². The Bertz CT molecular complexity index is 791. The Labute approximate surface area is 149 Å². The van der Waals surface area contributed by atoms with Crippen LogP contribution in [0.5, 0.6) is 5.75 Å².